The van der Waals surface area contributed by atoms with Crippen LogP contribution in [0, 0.1) is 17.0 Å². The van der Waals surface area contributed by atoms with Gasteiger partial charge in [-0.25, -0.2) is 0 Å². The predicted octanol–water partition coefficient (Wildman–Crippen LogP) is 0.833. The third-order valence-corrected chi connectivity index (χ3v) is 2.97. The summed E-state index contributed by atoms with van der Waals surface area (Å²) in [7, 11) is 0. The van der Waals surface area contributed by atoms with Crippen molar-refractivity contribution >= 4 is 17.3 Å². The molecule has 0 saturated heterocycles. The lowest BCUT2D eigenvalue weighted by Crippen LogP contribution is -2.23. The summed E-state index contributed by atoms with van der Waals surface area (Å²) >= 11 is 0. The highest BCUT2D eigenvalue weighted by Crippen LogP contribution is 2.31. The maximum absolute atomic E-state index is 11.3. The van der Waals surface area contributed by atoms with Gasteiger partial charge in [-0.3, -0.25) is 14.9 Å². The van der Waals surface area contributed by atoms with Gasteiger partial charge in [-0.1, -0.05) is 6.07 Å². The average molecular weight is 298 g/mol. The SMILES string of the molecule is CCOC(=O)CC(O)C(O)c1cc(C)c(N)c([N+](=O)[O-])c1. The summed E-state index contributed by atoms with van der Waals surface area (Å²) < 4.78 is 4.67. The van der Waals surface area contributed by atoms with Crippen LogP contribution in [0.5, 0.6) is 0 Å². The normalized spacial score (nSPS) is 13.5. The van der Waals surface area contributed by atoms with E-state index in [2.05, 4.69) is 4.74 Å². The lowest BCUT2D eigenvalue weighted by molar-refractivity contribution is -0.384. The van der Waals surface area contributed by atoms with Crippen LogP contribution in [0.15, 0.2) is 12.1 Å². The highest BCUT2D eigenvalue weighted by atomic mass is 16.6. The molecule has 4 N–H and O–H groups in total. The van der Waals surface area contributed by atoms with E-state index in [-0.39, 0.29) is 23.5 Å². The third-order valence-electron chi connectivity index (χ3n) is 2.97. The maximum atomic E-state index is 11.3. The van der Waals surface area contributed by atoms with Gasteiger partial charge in [0, 0.05) is 6.07 Å². The number of nitro groups is 1. The summed E-state index contributed by atoms with van der Waals surface area (Å²) in [6, 6.07) is 2.52. The molecule has 1 aromatic rings. The molecule has 8 nitrogen and oxygen atoms in total. The molecule has 0 saturated carbocycles. The van der Waals surface area contributed by atoms with Gasteiger partial charge in [-0.2, -0.15) is 0 Å². The Labute approximate surface area is 121 Å². The average Bonchev–Trinajstić information content (AvgIpc) is 2.40. The summed E-state index contributed by atoms with van der Waals surface area (Å²) in [6.45, 7) is 3.33. The van der Waals surface area contributed by atoms with E-state index in [1.165, 1.54) is 6.07 Å². The Bertz CT molecular complexity index is 546. The molecule has 2 unspecified atom stereocenters. The highest BCUT2D eigenvalue weighted by Gasteiger charge is 2.25. The molecule has 8 heteroatoms. The van der Waals surface area contributed by atoms with Crippen molar-refractivity contribution < 1.29 is 24.7 Å². The highest BCUT2D eigenvalue weighted by molar-refractivity contribution is 5.70. The fraction of sp³-hybridized carbons (Fsp3) is 0.462. The third kappa shape index (κ3) is 4.14. The molecule has 0 spiro atoms. The molecule has 0 amide bonds. The van der Waals surface area contributed by atoms with Crippen molar-refractivity contribution in [3.8, 4) is 0 Å². The number of aliphatic hydroxyl groups excluding tert-OH is 2. The number of hydrogen-bond donors (Lipinski definition) is 3. The van der Waals surface area contributed by atoms with E-state index in [1.807, 2.05) is 0 Å². The molecule has 0 heterocycles. The Morgan fingerprint density at radius 2 is 2.10 bits per heavy atom. The minimum Gasteiger partial charge on any atom is -0.466 e. The van der Waals surface area contributed by atoms with E-state index >= 15 is 0 Å². The van der Waals surface area contributed by atoms with Crippen LogP contribution in [0.3, 0.4) is 0 Å². The second kappa shape index (κ2) is 7.00. The van der Waals surface area contributed by atoms with Crippen LogP contribution in [0.1, 0.15) is 30.6 Å². The van der Waals surface area contributed by atoms with E-state index in [0.717, 1.165) is 6.07 Å². The van der Waals surface area contributed by atoms with Crippen LogP contribution >= 0.6 is 0 Å². The lowest BCUT2D eigenvalue weighted by Gasteiger charge is -2.18. The smallest absolute Gasteiger partial charge is 0.308 e. The fourth-order valence-corrected chi connectivity index (χ4v) is 1.85. The van der Waals surface area contributed by atoms with E-state index in [0.29, 0.717) is 5.56 Å². The number of ether oxygens (including phenoxy) is 1. The zero-order chi connectivity index (χ0) is 16.2. The van der Waals surface area contributed by atoms with Crippen LogP contribution in [-0.4, -0.2) is 33.8 Å². The topological polar surface area (TPSA) is 136 Å². The van der Waals surface area contributed by atoms with Gasteiger partial charge >= 0.3 is 5.97 Å². The van der Waals surface area contributed by atoms with Crippen LogP contribution in [0.25, 0.3) is 0 Å². The molecular weight excluding hydrogens is 280 g/mol. The Balaban J connectivity index is 2.99. The van der Waals surface area contributed by atoms with Crippen molar-refractivity contribution in [2.24, 2.45) is 0 Å². The number of carbonyl (C=O) groups excluding carboxylic acids is 1. The molecule has 1 rings (SSSR count). The molecule has 0 aromatic heterocycles. The molecular formula is C13H18N2O6. The molecule has 2 atom stereocenters. The summed E-state index contributed by atoms with van der Waals surface area (Å²) in [4.78, 5) is 21.5. The predicted molar refractivity (Wildman–Crippen MR) is 74.5 cm³/mol. The maximum Gasteiger partial charge on any atom is 0.308 e. The van der Waals surface area contributed by atoms with Gasteiger partial charge in [0.15, 0.2) is 0 Å². The number of aryl methyl sites for hydroxylation is 1. The molecule has 0 aliphatic carbocycles. The second-order valence-corrected chi connectivity index (χ2v) is 4.55. The summed E-state index contributed by atoms with van der Waals surface area (Å²) in [5.74, 6) is -0.661. The number of nitrogen functional groups attached to an aromatic ring is 1. The summed E-state index contributed by atoms with van der Waals surface area (Å²) in [5.41, 5.74) is 5.75. The molecule has 1 aromatic carbocycles. The number of nitro benzene ring substituents is 1. The van der Waals surface area contributed by atoms with Crippen LogP contribution in [-0.2, 0) is 9.53 Å². The zero-order valence-electron chi connectivity index (χ0n) is 11.8. The Morgan fingerprint density at radius 1 is 1.48 bits per heavy atom. The number of esters is 1. The Kier molecular flexibility index (Phi) is 5.62. The Morgan fingerprint density at radius 3 is 2.62 bits per heavy atom. The van der Waals surface area contributed by atoms with Crippen molar-refractivity contribution in [2.45, 2.75) is 32.5 Å². The van der Waals surface area contributed by atoms with Crippen molar-refractivity contribution in [2.75, 3.05) is 12.3 Å². The van der Waals surface area contributed by atoms with E-state index in [9.17, 15) is 25.1 Å². The zero-order valence-corrected chi connectivity index (χ0v) is 11.8. The molecule has 0 radical (unpaired) electrons. The molecule has 0 aliphatic heterocycles. The quantitative estimate of drug-likeness (QED) is 0.306. The van der Waals surface area contributed by atoms with Gasteiger partial charge in [0.25, 0.3) is 5.69 Å². The van der Waals surface area contributed by atoms with Gasteiger partial charge in [0.05, 0.1) is 24.1 Å². The monoisotopic (exact) mass is 298 g/mol. The first kappa shape index (κ1) is 16.9. The van der Waals surface area contributed by atoms with Crippen molar-refractivity contribution in [1.82, 2.24) is 0 Å². The number of hydrogen-bond acceptors (Lipinski definition) is 7. The van der Waals surface area contributed by atoms with Crippen molar-refractivity contribution in [3.63, 3.8) is 0 Å². The van der Waals surface area contributed by atoms with E-state index < -0.39 is 29.5 Å². The molecule has 21 heavy (non-hydrogen) atoms. The lowest BCUT2D eigenvalue weighted by atomic mass is 9.98. The largest absolute Gasteiger partial charge is 0.466 e. The summed E-state index contributed by atoms with van der Waals surface area (Å²) in [5, 5.41) is 30.7. The Hall–Kier alpha value is -2.19. The number of nitrogens with two attached hydrogens (primary N) is 1. The molecule has 116 valence electrons. The van der Waals surface area contributed by atoms with E-state index in [4.69, 9.17) is 5.73 Å². The molecule has 0 fully saturated rings. The number of carbonyl (C=O) groups is 1. The van der Waals surface area contributed by atoms with E-state index in [1.54, 1.807) is 13.8 Å². The van der Waals surface area contributed by atoms with Crippen LogP contribution in [0.4, 0.5) is 11.4 Å². The van der Waals surface area contributed by atoms with Gasteiger partial charge in [-0.05, 0) is 25.0 Å². The van der Waals surface area contributed by atoms with Gasteiger partial charge in [0.2, 0.25) is 0 Å². The number of anilines is 1. The molecule has 0 aliphatic rings. The molecule has 0 bridgehead atoms. The summed E-state index contributed by atoms with van der Waals surface area (Å²) in [6.07, 6.45) is -3.29. The second-order valence-electron chi connectivity index (χ2n) is 4.55. The van der Waals surface area contributed by atoms with Crippen LogP contribution in [0.2, 0.25) is 0 Å². The first-order valence-electron chi connectivity index (χ1n) is 6.34. The van der Waals surface area contributed by atoms with Crippen molar-refractivity contribution in [3.05, 3.63) is 33.4 Å². The first-order chi connectivity index (χ1) is 9.77. The van der Waals surface area contributed by atoms with Crippen molar-refractivity contribution in [1.29, 1.82) is 0 Å². The van der Waals surface area contributed by atoms with Crippen LogP contribution < -0.4 is 5.73 Å². The van der Waals surface area contributed by atoms with Gasteiger partial charge < -0.3 is 20.7 Å². The standard InChI is InChI=1S/C13H18N2O6/c1-3-21-11(17)6-10(16)13(18)8-4-7(2)12(14)9(5-8)15(19)20/h4-5,10,13,16,18H,3,6,14H2,1-2H3. The minimum absolute atomic E-state index is 0.00386. The number of aliphatic hydroxyl groups is 2. The number of rotatable bonds is 6. The number of benzene rings is 1. The van der Waals surface area contributed by atoms with Gasteiger partial charge in [-0.15, -0.1) is 0 Å². The number of nitrogens with zero attached hydrogens (tertiary/aromatic N) is 1. The minimum atomic E-state index is -1.45. The fourth-order valence-electron chi connectivity index (χ4n) is 1.85. The first-order valence-corrected chi connectivity index (χ1v) is 6.34. The van der Waals surface area contributed by atoms with Gasteiger partial charge in [0.1, 0.15) is 11.8 Å².